The molecule has 29 heavy (non-hydrogen) atoms. The standard InChI is InChI=1S/C24H29N3OS/c1-15-13-17(7-10-20(15)27-29-6)16(2)25-23(28)22-11-8-18-14-19(24(3,4)5)9-12-21(18)26-22/h7-14,16,27H,1-6H3,(H,25,28)/t16-/m1/s1. The third-order valence-corrected chi connectivity index (χ3v) is 5.52. The smallest absolute Gasteiger partial charge is 0.270 e. The van der Waals surface area contributed by atoms with E-state index < -0.39 is 0 Å². The lowest BCUT2D eigenvalue weighted by Gasteiger charge is -2.19. The van der Waals surface area contributed by atoms with Gasteiger partial charge in [-0.25, -0.2) is 4.98 Å². The Hall–Kier alpha value is -2.53. The largest absolute Gasteiger partial charge is 0.344 e. The molecule has 1 aromatic heterocycles. The average Bonchev–Trinajstić information content (AvgIpc) is 2.68. The third-order valence-electron chi connectivity index (χ3n) is 5.10. The molecule has 152 valence electrons. The molecule has 3 aromatic rings. The molecule has 0 saturated carbocycles. The quantitative estimate of drug-likeness (QED) is 0.508. The van der Waals surface area contributed by atoms with Gasteiger partial charge in [0.05, 0.1) is 11.6 Å². The zero-order chi connectivity index (χ0) is 21.2. The molecule has 0 bridgehead atoms. The van der Waals surface area contributed by atoms with Crippen LogP contribution < -0.4 is 10.0 Å². The molecule has 0 aliphatic heterocycles. The number of aromatic nitrogens is 1. The maximum Gasteiger partial charge on any atom is 0.270 e. The first-order chi connectivity index (χ1) is 13.7. The second-order valence-electron chi connectivity index (χ2n) is 8.43. The van der Waals surface area contributed by atoms with Crippen molar-refractivity contribution in [3.05, 3.63) is 70.9 Å². The fourth-order valence-corrected chi connectivity index (χ4v) is 3.70. The van der Waals surface area contributed by atoms with Gasteiger partial charge in [-0.2, -0.15) is 0 Å². The molecule has 0 aliphatic rings. The van der Waals surface area contributed by atoms with Gasteiger partial charge in [-0.3, -0.25) is 4.79 Å². The Labute approximate surface area is 177 Å². The first kappa shape index (κ1) is 21.2. The summed E-state index contributed by atoms with van der Waals surface area (Å²) in [5, 5.41) is 4.11. The van der Waals surface area contributed by atoms with Gasteiger partial charge in [0.15, 0.2) is 0 Å². The topological polar surface area (TPSA) is 54.0 Å². The van der Waals surface area contributed by atoms with Gasteiger partial charge in [0.1, 0.15) is 5.69 Å². The van der Waals surface area contributed by atoms with Crippen molar-refractivity contribution < 1.29 is 4.79 Å². The minimum Gasteiger partial charge on any atom is -0.344 e. The summed E-state index contributed by atoms with van der Waals surface area (Å²) in [4.78, 5) is 17.3. The molecule has 2 N–H and O–H groups in total. The number of nitrogens with one attached hydrogen (secondary N) is 2. The zero-order valence-electron chi connectivity index (χ0n) is 18.0. The summed E-state index contributed by atoms with van der Waals surface area (Å²) >= 11 is 1.57. The SMILES string of the molecule is CSNc1ccc([C@@H](C)NC(=O)c2ccc3cc(C(C)(C)C)ccc3n2)cc1C. The highest BCUT2D eigenvalue weighted by Crippen LogP contribution is 2.26. The molecule has 3 rings (SSSR count). The average molecular weight is 408 g/mol. The maximum atomic E-state index is 12.8. The number of amides is 1. The molecule has 0 unspecified atom stereocenters. The fourth-order valence-electron chi connectivity index (χ4n) is 3.25. The molecule has 1 amide bonds. The van der Waals surface area contributed by atoms with Crippen LogP contribution in [0.4, 0.5) is 5.69 Å². The van der Waals surface area contributed by atoms with Crippen molar-refractivity contribution in [2.24, 2.45) is 0 Å². The summed E-state index contributed by atoms with van der Waals surface area (Å²) in [5.41, 5.74) is 5.91. The third kappa shape index (κ3) is 4.91. The van der Waals surface area contributed by atoms with Crippen molar-refractivity contribution in [1.82, 2.24) is 10.3 Å². The molecule has 4 nitrogen and oxygen atoms in total. The predicted molar refractivity (Wildman–Crippen MR) is 125 cm³/mol. The number of nitrogens with zero attached hydrogens (tertiary/aromatic N) is 1. The fraction of sp³-hybridized carbons (Fsp3) is 0.333. The van der Waals surface area contributed by atoms with E-state index in [1.54, 1.807) is 18.0 Å². The zero-order valence-corrected chi connectivity index (χ0v) is 18.8. The number of carbonyl (C=O) groups is 1. The maximum absolute atomic E-state index is 12.8. The van der Waals surface area contributed by atoms with Crippen molar-refractivity contribution in [1.29, 1.82) is 0 Å². The van der Waals surface area contributed by atoms with Crippen molar-refractivity contribution in [2.75, 3.05) is 11.0 Å². The number of hydrogen-bond donors (Lipinski definition) is 2. The van der Waals surface area contributed by atoms with Gasteiger partial charge in [0.2, 0.25) is 0 Å². The highest BCUT2D eigenvalue weighted by Gasteiger charge is 2.16. The van der Waals surface area contributed by atoms with E-state index in [9.17, 15) is 4.79 Å². The van der Waals surface area contributed by atoms with E-state index in [4.69, 9.17) is 0 Å². The van der Waals surface area contributed by atoms with Crippen LogP contribution in [-0.2, 0) is 5.41 Å². The van der Waals surface area contributed by atoms with Gasteiger partial charge in [-0.1, -0.05) is 57.0 Å². The summed E-state index contributed by atoms with van der Waals surface area (Å²) in [6.45, 7) is 10.6. The van der Waals surface area contributed by atoms with Crippen LogP contribution in [0.25, 0.3) is 10.9 Å². The molecule has 5 heteroatoms. The number of benzene rings is 2. The molecular weight excluding hydrogens is 378 g/mol. The van der Waals surface area contributed by atoms with E-state index in [0.717, 1.165) is 27.7 Å². The van der Waals surface area contributed by atoms with Crippen LogP contribution in [0.5, 0.6) is 0 Å². The van der Waals surface area contributed by atoms with Gasteiger partial charge in [0, 0.05) is 17.3 Å². The molecule has 1 heterocycles. The first-order valence-electron chi connectivity index (χ1n) is 9.81. The number of pyridine rings is 1. The van der Waals surface area contributed by atoms with E-state index in [1.165, 1.54) is 5.56 Å². The van der Waals surface area contributed by atoms with Gasteiger partial charge in [-0.05, 0) is 60.2 Å². The Balaban J connectivity index is 1.77. The Morgan fingerprint density at radius 1 is 1.07 bits per heavy atom. The van der Waals surface area contributed by atoms with Gasteiger partial charge < -0.3 is 10.0 Å². The van der Waals surface area contributed by atoms with E-state index in [-0.39, 0.29) is 17.4 Å². The molecule has 0 spiro atoms. The van der Waals surface area contributed by atoms with Crippen LogP contribution in [0, 0.1) is 6.92 Å². The number of rotatable bonds is 5. The summed E-state index contributed by atoms with van der Waals surface area (Å²) in [7, 11) is 0. The second kappa shape index (κ2) is 8.46. The van der Waals surface area contributed by atoms with Crippen LogP contribution in [0.2, 0.25) is 0 Å². The van der Waals surface area contributed by atoms with Crippen LogP contribution in [0.15, 0.2) is 48.5 Å². The summed E-state index contributed by atoms with van der Waals surface area (Å²) in [5.74, 6) is -0.164. The molecule has 2 aromatic carbocycles. The number of hydrogen-bond acceptors (Lipinski definition) is 4. The van der Waals surface area contributed by atoms with Crippen molar-refractivity contribution in [3.8, 4) is 0 Å². The van der Waals surface area contributed by atoms with Crippen LogP contribution in [0.1, 0.15) is 60.9 Å². The molecule has 0 fully saturated rings. The minimum absolute atomic E-state index is 0.0820. The van der Waals surface area contributed by atoms with E-state index in [0.29, 0.717) is 5.69 Å². The van der Waals surface area contributed by atoms with E-state index >= 15 is 0 Å². The summed E-state index contributed by atoms with van der Waals surface area (Å²) in [6.07, 6.45) is 2.00. The highest BCUT2D eigenvalue weighted by atomic mass is 32.2. The summed E-state index contributed by atoms with van der Waals surface area (Å²) in [6, 6.07) is 16.1. The van der Waals surface area contributed by atoms with Crippen molar-refractivity contribution in [3.63, 3.8) is 0 Å². The van der Waals surface area contributed by atoms with E-state index in [1.807, 2.05) is 37.4 Å². The molecule has 0 aliphatic carbocycles. The minimum atomic E-state index is -0.164. The van der Waals surface area contributed by atoms with Crippen molar-refractivity contribution >= 4 is 34.4 Å². The van der Waals surface area contributed by atoms with Crippen LogP contribution in [-0.4, -0.2) is 17.1 Å². The molecule has 0 saturated heterocycles. The van der Waals surface area contributed by atoms with Gasteiger partial charge >= 0.3 is 0 Å². The lowest BCUT2D eigenvalue weighted by Crippen LogP contribution is -2.27. The Bertz CT molecular complexity index is 1040. The Morgan fingerprint density at radius 3 is 2.48 bits per heavy atom. The lowest BCUT2D eigenvalue weighted by atomic mass is 9.86. The molecule has 0 radical (unpaired) electrons. The molecular formula is C24H29N3OS. The lowest BCUT2D eigenvalue weighted by molar-refractivity contribution is 0.0935. The van der Waals surface area contributed by atoms with E-state index in [2.05, 4.69) is 60.9 Å². The predicted octanol–water partition coefficient (Wildman–Crippen LogP) is 6.02. The first-order valence-corrected chi connectivity index (χ1v) is 11.0. The normalized spacial score (nSPS) is 12.6. The number of aryl methyl sites for hydroxylation is 1. The van der Waals surface area contributed by atoms with Gasteiger partial charge in [0.25, 0.3) is 5.91 Å². The van der Waals surface area contributed by atoms with Crippen molar-refractivity contribution in [2.45, 2.75) is 46.1 Å². The Kier molecular flexibility index (Phi) is 6.18. The highest BCUT2D eigenvalue weighted by molar-refractivity contribution is 7.99. The summed E-state index contributed by atoms with van der Waals surface area (Å²) < 4.78 is 3.26. The van der Waals surface area contributed by atoms with Crippen LogP contribution in [0.3, 0.4) is 0 Å². The Morgan fingerprint density at radius 2 is 1.83 bits per heavy atom. The van der Waals surface area contributed by atoms with Gasteiger partial charge in [-0.15, -0.1) is 0 Å². The number of anilines is 1. The monoisotopic (exact) mass is 407 g/mol. The van der Waals surface area contributed by atoms with Crippen LogP contribution >= 0.6 is 11.9 Å². The second-order valence-corrected chi connectivity index (χ2v) is 9.04. The number of carbonyl (C=O) groups excluding carboxylic acids is 1. The number of fused-ring (bicyclic) bond motifs is 1. The molecule has 1 atom stereocenters.